The van der Waals surface area contributed by atoms with Crippen LogP contribution in [0.15, 0.2) is 36.8 Å². The Kier molecular flexibility index (Phi) is 3.83. The average molecular weight is 336 g/mol. The summed E-state index contributed by atoms with van der Waals surface area (Å²) in [6.07, 6.45) is 5.39. The van der Waals surface area contributed by atoms with Gasteiger partial charge in [0.15, 0.2) is 0 Å². The van der Waals surface area contributed by atoms with Crippen molar-refractivity contribution in [3.8, 4) is 0 Å². The van der Waals surface area contributed by atoms with Crippen molar-refractivity contribution < 1.29 is 4.79 Å². The zero-order valence-electron chi connectivity index (χ0n) is 14.4. The van der Waals surface area contributed by atoms with Crippen molar-refractivity contribution in [2.24, 2.45) is 0 Å². The van der Waals surface area contributed by atoms with Gasteiger partial charge in [-0.05, 0) is 31.5 Å². The van der Waals surface area contributed by atoms with Crippen LogP contribution in [0.25, 0.3) is 5.65 Å². The summed E-state index contributed by atoms with van der Waals surface area (Å²) in [6, 6.07) is 5.76. The van der Waals surface area contributed by atoms with Gasteiger partial charge in [-0.1, -0.05) is 6.07 Å². The van der Waals surface area contributed by atoms with Crippen LogP contribution < -0.4 is 4.90 Å². The number of fused-ring (bicyclic) bond motifs is 1. The van der Waals surface area contributed by atoms with E-state index in [1.54, 1.807) is 18.5 Å². The number of amides is 1. The van der Waals surface area contributed by atoms with E-state index >= 15 is 0 Å². The fourth-order valence-corrected chi connectivity index (χ4v) is 3.29. The number of rotatable bonds is 2. The molecular weight excluding hydrogens is 316 g/mol. The van der Waals surface area contributed by atoms with Gasteiger partial charge in [0.25, 0.3) is 5.91 Å². The van der Waals surface area contributed by atoms with E-state index in [-0.39, 0.29) is 5.91 Å². The Morgan fingerprint density at radius 2 is 1.76 bits per heavy atom. The summed E-state index contributed by atoms with van der Waals surface area (Å²) >= 11 is 0. The number of carbonyl (C=O) groups excluding carboxylic acids is 1. The Bertz CT molecular complexity index is 912. The average Bonchev–Trinajstić information content (AvgIpc) is 2.99. The highest BCUT2D eigenvalue weighted by molar-refractivity contribution is 5.95. The number of hydrogen-bond donors (Lipinski definition) is 0. The highest BCUT2D eigenvalue weighted by Gasteiger charge is 2.27. The lowest BCUT2D eigenvalue weighted by Gasteiger charge is -2.34. The molecule has 0 bridgehead atoms. The van der Waals surface area contributed by atoms with Crippen molar-refractivity contribution in [3.05, 3.63) is 53.7 Å². The van der Waals surface area contributed by atoms with Crippen molar-refractivity contribution in [1.29, 1.82) is 0 Å². The molecule has 7 nitrogen and oxygen atoms in total. The maximum absolute atomic E-state index is 13.1. The van der Waals surface area contributed by atoms with E-state index in [0.717, 1.165) is 35.9 Å². The first-order valence-electron chi connectivity index (χ1n) is 8.40. The minimum atomic E-state index is 0.0317. The van der Waals surface area contributed by atoms with Gasteiger partial charge in [-0.2, -0.15) is 0 Å². The third-order valence-electron chi connectivity index (χ3n) is 4.62. The molecule has 1 saturated heterocycles. The van der Waals surface area contributed by atoms with Crippen LogP contribution in [-0.2, 0) is 0 Å². The van der Waals surface area contributed by atoms with Crippen LogP contribution in [0, 0.1) is 13.8 Å². The molecule has 0 saturated carbocycles. The summed E-state index contributed by atoms with van der Waals surface area (Å²) in [5, 5.41) is 0. The van der Waals surface area contributed by atoms with Crippen LogP contribution >= 0.6 is 0 Å². The Morgan fingerprint density at radius 3 is 2.48 bits per heavy atom. The van der Waals surface area contributed by atoms with Gasteiger partial charge < -0.3 is 9.80 Å². The molecular formula is C18H20N6O. The number of aromatic nitrogens is 4. The molecule has 7 heteroatoms. The Morgan fingerprint density at radius 1 is 1.04 bits per heavy atom. The molecule has 0 aliphatic carbocycles. The lowest BCUT2D eigenvalue weighted by molar-refractivity contribution is 0.0738. The first-order chi connectivity index (χ1) is 12.1. The number of imidazole rings is 1. The van der Waals surface area contributed by atoms with Gasteiger partial charge >= 0.3 is 0 Å². The number of nitrogens with zero attached hydrogens (tertiary/aromatic N) is 6. The molecule has 1 aliphatic heterocycles. The molecule has 0 atom stereocenters. The summed E-state index contributed by atoms with van der Waals surface area (Å²) in [7, 11) is 0. The van der Waals surface area contributed by atoms with Crippen molar-refractivity contribution in [2.75, 3.05) is 31.1 Å². The predicted octanol–water partition coefficient (Wildman–Crippen LogP) is 1.70. The van der Waals surface area contributed by atoms with E-state index in [2.05, 4.69) is 19.9 Å². The van der Waals surface area contributed by atoms with Crippen molar-refractivity contribution in [1.82, 2.24) is 24.3 Å². The molecule has 25 heavy (non-hydrogen) atoms. The number of pyridine rings is 1. The molecule has 1 aliphatic rings. The van der Waals surface area contributed by atoms with Crippen LogP contribution in [0.3, 0.4) is 0 Å². The van der Waals surface area contributed by atoms with E-state index in [0.29, 0.717) is 18.8 Å². The van der Waals surface area contributed by atoms with Gasteiger partial charge in [-0.15, -0.1) is 0 Å². The minimum Gasteiger partial charge on any atom is -0.337 e. The van der Waals surface area contributed by atoms with Crippen LogP contribution in [0.4, 0.5) is 5.95 Å². The van der Waals surface area contributed by atoms with Crippen LogP contribution in [-0.4, -0.2) is 56.3 Å². The summed E-state index contributed by atoms with van der Waals surface area (Å²) < 4.78 is 1.90. The second kappa shape index (κ2) is 6.16. The van der Waals surface area contributed by atoms with Crippen molar-refractivity contribution in [3.63, 3.8) is 0 Å². The fraction of sp³-hybridized carbons (Fsp3) is 0.333. The number of anilines is 1. The molecule has 0 radical (unpaired) electrons. The van der Waals surface area contributed by atoms with Crippen LogP contribution in [0.5, 0.6) is 0 Å². The Hall–Kier alpha value is -2.96. The van der Waals surface area contributed by atoms with Crippen LogP contribution in [0.1, 0.15) is 21.7 Å². The molecule has 1 fully saturated rings. The largest absolute Gasteiger partial charge is 0.337 e. The first kappa shape index (κ1) is 15.6. The monoisotopic (exact) mass is 336 g/mol. The molecule has 4 rings (SSSR count). The van der Waals surface area contributed by atoms with Crippen molar-refractivity contribution >= 4 is 17.5 Å². The molecule has 128 valence electrons. The second-order valence-electron chi connectivity index (χ2n) is 6.26. The standard InChI is InChI=1S/C18H20N6O/c1-13-5-3-8-24-15(14(2)21-16(13)24)17(25)22-9-11-23(12-10-22)18-19-6-4-7-20-18/h3-8H,9-12H2,1-2H3. The molecule has 0 N–H and O–H groups in total. The number of hydrogen-bond acceptors (Lipinski definition) is 5. The quantitative estimate of drug-likeness (QED) is 0.713. The van der Waals surface area contributed by atoms with E-state index in [1.165, 1.54) is 0 Å². The topological polar surface area (TPSA) is 66.6 Å². The SMILES string of the molecule is Cc1nc2c(C)cccn2c1C(=O)N1CCN(c2ncccn2)CC1. The maximum Gasteiger partial charge on any atom is 0.272 e. The minimum absolute atomic E-state index is 0.0317. The van der Waals surface area contributed by atoms with Gasteiger partial charge in [0.05, 0.1) is 5.69 Å². The van der Waals surface area contributed by atoms with Gasteiger partial charge in [-0.3, -0.25) is 9.20 Å². The highest BCUT2D eigenvalue weighted by Crippen LogP contribution is 2.18. The molecule has 3 aromatic rings. The van der Waals surface area contributed by atoms with E-state index < -0.39 is 0 Å². The van der Waals surface area contributed by atoms with E-state index in [4.69, 9.17) is 0 Å². The summed E-state index contributed by atoms with van der Waals surface area (Å²) in [4.78, 5) is 30.2. The third-order valence-corrected chi connectivity index (χ3v) is 4.62. The molecule has 3 aromatic heterocycles. The van der Waals surface area contributed by atoms with Crippen LogP contribution in [0.2, 0.25) is 0 Å². The molecule has 1 amide bonds. The molecule has 4 heterocycles. The van der Waals surface area contributed by atoms with Gasteiger partial charge in [0, 0.05) is 44.8 Å². The Labute approximate surface area is 145 Å². The summed E-state index contributed by atoms with van der Waals surface area (Å²) in [5.41, 5.74) is 3.34. The zero-order chi connectivity index (χ0) is 17.4. The molecule has 0 unspecified atom stereocenters. The molecule has 0 spiro atoms. The maximum atomic E-state index is 13.1. The summed E-state index contributed by atoms with van der Waals surface area (Å²) in [5.74, 6) is 0.750. The molecule has 0 aromatic carbocycles. The normalized spacial score (nSPS) is 15.0. The van der Waals surface area contributed by atoms with Gasteiger partial charge in [0.2, 0.25) is 5.95 Å². The predicted molar refractivity (Wildman–Crippen MR) is 94.8 cm³/mol. The smallest absolute Gasteiger partial charge is 0.272 e. The van der Waals surface area contributed by atoms with Crippen molar-refractivity contribution in [2.45, 2.75) is 13.8 Å². The lowest BCUT2D eigenvalue weighted by Crippen LogP contribution is -2.49. The third kappa shape index (κ3) is 2.71. The van der Waals surface area contributed by atoms with E-state index in [9.17, 15) is 4.79 Å². The van der Waals surface area contributed by atoms with Gasteiger partial charge in [0.1, 0.15) is 11.3 Å². The zero-order valence-corrected chi connectivity index (χ0v) is 14.4. The second-order valence-corrected chi connectivity index (χ2v) is 6.26. The highest BCUT2D eigenvalue weighted by atomic mass is 16.2. The lowest BCUT2D eigenvalue weighted by atomic mass is 10.2. The Balaban J connectivity index is 1.55. The fourth-order valence-electron chi connectivity index (χ4n) is 3.29. The van der Waals surface area contributed by atoms with E-state index in [1.807, 2.05) is 41.5 Å². The number of aryl methyl sites for hydroxylation is 2. The number of carbonyl (C=O) groups is 1. The summed E-state index contributed by atoms with van der Waals surface area (Å²) in [6.45, 7) is 6.66. The number of piperazine rings is 1. The van der Waals surface area contributed by atoms with Gasteiger partial charge in [-0.25, -0.2) is 15.0 Å². The first-order valence-corrected chi connectivity index (χ1v) is 8.40.